The fourth-order valence-corrected chi connectivity index (χ4v) is 4.95. The lowest BCUT2D eigenvalue weighted by molar-refractivity contribution is 0.417. The molecule has 0 atom stereocenters. The quantitative estimate of drug-likeness (QED) is 0.477. The van der Waals surface area contributed by atoms with Crippen LogP contribution in [0.5, 0.6) is 5.75 Å². The Bertz CT molecular complexity index is 1360. The molecule has 164 valence electrons. The normalized spacial score (nSPS) is 11.4. The third-order valence-electron chi connectivity index (χ3n) is 5.06. The Labute approximate surface area is 187 Å². The molecule has 0 amide bonds. The first kappa shape index (κ1) is 21.5. The van der Waals surface area contributed by atoms with Gasteiger partial charge in [-0.1, -0.05) is 42.0 Å². The highest BCUT2D eigenvalue weighted by atomic mass is 32.2. The van der Waals surface area contributed by atoms with Gasteiger partial charge in [0.25, 0.3) is 10.0 Å². The van der Waals surface area contributed by atoms with Crippen molar-refractivity contribution in [2.24, 2.45) is 0 Å². The topological polar surface area (TPSA) is 99.0 Å². The summed E-state index contributed by atoms with van der Waals surface area (Å²) < 4.78 is 35.7. The number of aryl methyl sites for hydroxylation is 2. The third-order valence-corrected chi connectivity index (χ3v) is 6.68. The monoisotopic (exact) mass is 449 g/mol. The van der Waals surface area contributed by atoms with E-state index in [1.54, 1.807) is 44.2 Å². The highest BCUT2D eigenvalue weighted by molar-refractivity contribution is 7.92. The second-order valence-electron chi connectivity index (χ2n) is 7.36. The molecule has 0 saturated carbocycles. The van der Waals surface area contributed by atoms with Crippen molar-refractivity contribution in [2.75, 3.05) is 11.8 Å². The van der Waals surface area contributed by atoms with Gasteiger partial charge in [0.05, 0.1) is 29.9 Å². The number of hydrogen-bond donors (Lipinski definition) is 1. The first-order valence-electron chi connectivity index (χ1n) is 9.93. The Morgan fingerprint density at radius 2 is 1.62 bits per heavy atom. The second kappa shape index (κ2) is 8.43. The molecule has 1 N–H and O–H groups in total. The van der Waals surface area contributed by atoms with E-state index < -0.39 is 10.0 Å². The summed E-state index contributed by atoms with van der Waals surface area (Å²) in [6, 6.07) is 18.4. The highest BCUT2D eigenvalue weighted by Crippen LogP contribution is 2.29. The average Bonchev–Trinajstić information content (AvgIpc) is 3.09. The molecule has 4 rings (SSSR count). The summed E-state index contributed by atoms with van der Waals surface area (Å²) in [5.74, 6) is 0.858. The lowest BCUT2D eigenvalue weighted by Gasteiger charge is -2.12. The zero-order chi connectivity index (χ0) is 22.9. The number of rotatable bonds is 6. The molecule has 0 aliphatic heterocycles. The minimum atomic E-state index is -3.91. The smallest absolute Gasteiger partial charge is 0.265 e. The summed E-state index contributed by atoms with van der Waals surface area (Å²) in [5, 5.41) is 13.0. The summed E-state index contributed by atoms with van der Waals surface area (Å²) in [6.07, 6.45) is 0. The number of hydrogen-bond acceptors (Lipinski definition) is 6. The van der Waals surface area contributed by atoms with Gasteiger partial charge in [0.1, 0.15) is 10.6 Å². The molecule has 0 fully saturated rings. The summed E-state index contributed by atoms with van der Waals surface area (Å²) in [5.41, 5.74) is 3.98. The van der Waals surface area contributed by atoms with Crippen molar-refractivity contribution in [3.8, 4) is 22.8 Å². The fourth-order valence-electron chi connectivity index (χ4n) is 3.48. The van der Waals surface area contributed by atoms with Crippen molar-refractivity contribution in [3.05, 3.63) is 77.6 Å². The van der Waals surface area contributed by atoms with Gasteiger partial charge in [-0.25, -0.2) is 13.1 Å². The Morgan fingerprint density at radius 1 is 0.906 bits per heavy atom. The fraction of sp³-hybridized carbons (Fsp3) is 0.174. The van der Waals surface area contributed by atoms with Gasteiger partial charge in [-0.3, -0.25) is 4.72 Å². The molecule has 0 spiro atoms. The van der Waals surface area contributed by atoms with E-state index in [4.69, 9.17) is 4.74 Å². The summed E-state index contributed by atoms with van der Waals surface area (Å²) in [6.45, 7) is 5.36. The molecule has 8 nitrogen and oxygen atoms in total. The Balaban J connectivity index is 1.67. The predicted molar refractivity (Wildman–Crippen MR) is 123 cm³/mol. The van der Waals surface area contributed by atoms with Crippen LogP contribution in [0.4, 0.5) is 5.69 Å². The van der Waals surface area contributed by atoms with Crippen LogP contribution in [-0.4, -0.2) is 35.5 Å². The molecular weight excluding hydrogens is 426 g/mol. The van der Waals surface area contributed by atoms with Crippen molar-refractivity contribution in [1.29, 1.82) is 0 Å². The van der Waals surface area contributed by atoms with Gasteiger partial charge in [0, 0.05) is 5.56 Å². The highest BCUT2D eigenvalue weighted by Gasteiger charge is 2.26. The van der Waals surface area contributed by atoms with Crippen LogP contribution in [0.25, 0.3) is 17.1 Å². The number of nitrogens with one attached hydrogen (secondary N) is 1. The average molecular weight is 450 g/mol. The van der Waals surface area contributed by atoms with Gasteiger partial charge in [0.2, 0.25) is 0 Å². The van der Waals surface area contributed by atoms with Crippen LogP contribution in [0.1, 0.15) is 17.0 Å². The number of anilines is 1. The van der Waals surface area contributed by atoms with Crippen molar-refractivity contribution in [3.63, 3.8) is 0 Å². The zero-order valence-electron chi connectivity index (χ0n) is 18.2. The summed E-state index contributed by atoms with van der Waals surface area (Å²) in [7, 11) is -2.42. The molecule has 4 aromatic rings. The number of ether oxygens (including phenoxy) is 1. The maximum absolute atomic E-state index is 13.2. The SMILES string of the molecule is COc1ccccc1NS(=O)(=O)c1c(C)nn(-c2ccc(-c3ccc(C)cc3)nn2)c1C. The second-order valence-corrected chi connectivity index (χ2v) is 8.98. The molecular formula is C23H23N5O3S. The number of aromatic nitrogens is 4. The van der Waals surface area contributed by atoms with Crippen LogP contribution < -0.4 is 9.46 Å². The molecule has 0 saturated heterocycles. The minimum Gasteiger partial charge on any atom is -0.495 e. The third kappa shape index (κ3) is 4.06. The van der Waals surface area contributed by atoms with Gasteiger partial charge in [-0.05, 0) is 45.0 Å². The maximum Gasteiger partial charge on any atom is 0.265 e. The van der Waals surface area contributed by atoms with Crippen LogP contribution in [0.2, 0.25) is 0 Å². The van der Waals surface area contributed by atoms with Crippen LogP contribution in [0, 0.1) is 20.8 Å². The first-order valence-corrected chi connectivity index (χ1v) is 11.4. The lowest BCUT2D eigenvalue weighted by atomic mass is 10.1. The van der Waals surface area contributed by atoms with Crippen LogP contribution >= 0.6 is 0 Å². The molecule has 0 bridgehead atoms. The number of methoxy groups -OCH3 is 1. The Hall–Kier alpha value is -3.72. The zero-order valence-corrected chi connectivity index (χ0v) is 19.0. The molecule has 9 heteroatoms. The van der Waals surface area contributed by atoms with E-state index in [0.717, 1.165) is 16.8 Å². The van der Waals surface area contributed by atoms with E-state index in [-0.39, 0.29) is 4.90 Å². The van der Waals surface area contributed by atoms with Crippen molar-refractivity contribution in [1.82, 2.24) is 20.0 Å². The molecule has 2 aromatic carbocycles. The molecule has 0 aliphatic rings. The standard InChI is InChI=1S/C23H23N5O3S/c1-15-9-11-18(12-10-15)19-13-14-22(25-24-19)28-17(3)23(16(2)26-28)32(29,30)27-20-7-5-6-8-21(20)31-4/h5-14,27H,1-4H3. The van der Waals surface area contributed by atoms with Gasteiger partial charge in [-0.2, -0.15) is 5.10 Å². The van der Waals surface area contributed by atoms with E-state index in [1.165, 1.54) is 11.8 Å². The lowest BCUT2D eigenvalue weighted by Crippen LogP contribution is -2.15. The molecule has 2 aromatic heterocycles. The minimum absolute atomic E-state index is 0.0906. The van der Waals surface area contributed by atoms with E-state index in [0.29, 0.717) is 28.6 Å². The number of benzene rings is 2. The molecule has 0 radical (unpaired) electrons. The van der Waals surface area contributed by atoms with E-state index >= 15 is 0 Å². The molecule has 32 heavy (non-hydrogen) atoms. The van der Waals surface area contributed by atoms with Crippen molar-refractivity contribution < 1.29 is 13.2 Å². The van der Waals surface area contributed by atoms with E-state index in [1.807, 2.05) is 37.3 Å². The van der Waals surface area contributed by atoms with Crippen LogP contribution in [-0.2, 0) is 10.0 Å². The predicted octanol–water partition coefficient (Wildman–Crippen LogP) is 4.06. The van der Waals surface area contributed by atoms with Crippen molar-refractivity contribution in [2.45, 2.75) is 25.7 Å². The molecule has 2 heterocycles. The summed E-state index contributed by atoms with van der Waals surface area (Å²) >= 11 is 0. The van der Waals surface area contributed by atoms with E-state index in [2.05, 4.69) is 20.0 Å². The molecule has 0 aliphatic carbocycles. The number of sulfonamides is 1. The maximum atomic E-state index is 13.2. The summed E-state index contributed by atoms with van der Waals surface area (Å²) in [4.78, 5) is 0.0906. The van der Waals surface area contributed by atoms with Gasteiger partial charge in [0.15, 0.2) is 5.82 Å². The Kier molecular flexibility index (Phi) is 5.67. The Morgan fingerprint density at radius 3 is 2.28 bits per heavy atom. The van der Waals surface area contributed by atoms with Gasteiger partial charge in [-0.15, -0.1) is 10.2 Å². The molecule has 0 unspecified atom stereocenters. The van der Waals surface area contributed by atoms with Crippen LogP contribution in [0.3, 0.4) is 0 Å². The van der Waals surface area contributed by atoms with Gasteiger partial charge < -0.3 is 4.74 Å². The number of nitrogens with zero attached hydrogens (tertiary/aromatic N) is 4. The number of para-hydroxylation sites is 2. The van der Waals surface area contributed by atoms with Gasteiger partial charge >= 0.3 is 0 Å². The van der Waals surface area contributed by atoms with Crippen molar-refractivity contribution >= 4 is 15.7 Å². The van der Waals surface area contributed by atoms with Crippen LogP contribution in [0.15, 0.2) is 65.6 Å². The van der Waals surface area contributed by atoms with E-state index in [9.17, 15) is 8.42 Å². The largest absolute Gasteiger partial charge is 0.495 e. The first-order chi connectivity index (χ1) is 15.3.